The SMILES string of the molecule is NCCc1ccc(CC2CCSC2)cc1. The van der Waals surface area contributed by atoms with E-state index in [1.54, 1.807) is 0 Å². The van der Waals surface area contributed by atoms with E-state index in [0.29, 0.717) is 0 Å². The summed E-state index contributed by atoms with van der Waals surface area (Å²) in [5, 5.41) is 0. The molecule has 1 aliphatic heterocycles. The highest BCUT2D eigenvalue weighted by Gasteiger charge is 2.15. The number of nitrogens with two attached hydrogens (primary N) is 1. The van der Waals surface area contributed by atoms with Crippen molar-refractivity contribution < 1.29 is 0 Å². The summed E-state index contributed by atoms with van der Waals surface area (Å²) in [4.78, 5) is 0. The van der Waals surface area contributed by atoms with Crippen molar-refractivity contribution in [1.29, 1.82) is 0 Å². The predicted octanol–water partition coefficient (Wildman–Crippen LogP) is 2.48. The van der Waals surface area contributed by atoms with Crippen molar-refractivity contribution in [2.24, 2.45) is 11.7 Å². The zero-order valence-electron chi connectivity index (χ0n) is 9.11. The molecule has 1 unspecified atom stereocenters. The molecule has 1 nitrogen and oxygen atoms in total. The lowest BCUT2D eigenvalue weighted by molar-refractivity contribution is 0.596. The van der Waals surface area contributed by atoms with Crippen LogP contribution in [0.3, 0.4) is 0 Å². The Balaban J connectivity index is 1.91. The molecular formula is C13H19NS. The van der Waals surface area contributed by atoms with Crippen LogP contribution in [0.4, 0.5) is 0 Å². The predicted molar refractivity (Wildman–Crippen MR) is 68.3 cm³/mol. The van der Waals surface area contributed by atoms with Gasteiger partial charge in [0.15, 0.2) is 0 Å². The average molecular weight is 221 g/mol. The summed E-state index contributed by atoms with van der Waals surface area (Å²) in [6.45, 7) is 0.749. The fourth-order valence-electron chi connectivity index (χ4n) is 2.09. The topological polar surface area (TPSA) is 26.0 Å². The Labute approximate surface area is 96.4 Å². The van der Waals surface area contributed by atoms with Gasteiger partial charge in [0.1, 0.15) is 0 Å². The van der Waals surface area contributed by atoms with E-state index in [4.69, 9.17) is 5.73 Å². The van der Waals surface area contributed by atoms with Crippen LogP contribution in [0, 0.1) is 5.92 Å². The molecule has 0 aromatic heterocycles. The highest BCUT2D eigenvalue weighted by molar-refractivity contribution is 7.99. The van der Waals surface area contributed by atoms with Crippen molar-refractivity contribution in [3.8, 4) is 0 Å². The lowest BCUT2D eigenvalue weighted by Crippen LogP contribution is -2.04. The van der Waals surface area contributed by atoms with Crippen LogP contribution in [0.1, 0.15) is 17.5 Å². The second kappa shape index (κ2) is 5.57. The minimum atomic E-state index is 0.749. The van der Waals surface area contributed by atoms with E-state index >= 15 is 0 Å². The summed E-state index contributed by atoms with van der Waals surface area (Å²) in [5.41, 5.74) is 8.38. The molecule has 1 aromatic carbocycles. The van der Waals surface area contributed by atoms with Gasteiger partial charge in [-0.2, -0.15) is 11.8 Å². The maximum absolute atomic E-state index is 5.53. The summed E-state index contributed by atoms with van der Waals surface area (Å²) in [5.74, 6) is 3.62. The number of hydrogen-bond acceptors (Lipinski definition) is 2. The summed E-state index contributed by atoms with van der Waals surface area (Å²) < 4.78 is 0. The Morgan fingerprint density at radius 3 is 2.53 bits per heavy atom. The molecule has 2 N–H and O–H groups in total. The van der Waals surface area contributed by atoms with Crippen molar-refractivity contribution >= 4 is 11.8 Å². The molecule has 0 spiro atoms. The molecule has 0 aliphatic carbocycles. The molecule has 0 amide bonds. The Kier molecular flexibility index (Phi) is 4.09. The summed E-state index contributed by atoms with van der Waals surface area (Å²) in [6.07, 6.45) is 3.66. The van der Waals surface area contributed by atoms with Gasteiger partial charge in [-0.3, -0.25) is 0 Å². The number of hydrogen-bond donors (Lipinski definition) is 1. The first-order chi connectivity index (χ1) is 7.38. The fraction of sp³-hybridized carbons (Fsp3) is 0.538. The molecule has 1 heterocycles. The van der Waals surface area contributed by atoms with Gasteiger partial charge < -0.3 is 5.73 Å². The third-order valence-corrected chi connectivity index (χ3v) is 4.24. The molecule has 0 saturated carbocycles. The van der Waals surface area contributed by atoms with Gasteiger partial charge in [0, 0.05) is 0 Å². The Morgan fingerprint density at radius 1 is 1.20 bits per heavy atom. The minimum Gasteiger partial charge on any atom is -0.330 e. The quantitative estimate of drug-likeness (QED) is 0.845. The van der Waals surface area contributed by atoms with Gasteiger partial charge in [0.05, 0.1) is 0 Å². The molecule has 2 rings (SSSR count). The Bertz CT molecular complexity index is 288. The second-order valence-corrected chi connectivity index (χ2v) is 5.44. The van der Waals surface area contributed by atoms with Crippen LogP contribution >= 0.6 is 11.8 Å². The van der Waals surface area contributed by atoms with E-state index in [0.717, 1.165) is 18.9 Å². The highest BCUT2D eigenvalue weighted by atomic mass is 32.2. The molecule has 1 atom stereocenters. The average Bonchev–Trinajstić information content (AvgIpc) is 2.74. The fourth-order valence-corrected chi connectivity index (χ4v) is 3.37. The van der Waals surface area contributed by atoms with E-state index in [-0.39, 0.29) is 0 Å². The monoisotopic (exact) mass is 221 g/mol. The standard InChI is InChI=1S/C13H19NS/c14-7-5-11-1-3-12(4-2-11)9-13-6-8-15-10-13/h1-4,13H,5-10,14H2. The summed E-state index contributed by atoms with van der Waals surface area (Å²) >= 11 is 2.10. The largest absolute Gasteiger partial charge is 0.330 e. The first-order valence-electron chi connectivity index (χ1n) is 5.74. The van der Waals surface area contributed by atoms with Crippen LogP contribution in [0.15, 0.2) is 24.3 Å². The van der Waals surface area contributed by atoms with Crippen molar-refractivity contribution in [2.45, 2.75) is 19.3 Å². The van der Waals surface area contributed by atoms with Crippen LogP contribution in [-0.2, 0) is 12.8 Å². The van der Waals surface area contributed by atoms with Gasteiger partial charge in [0.2, 0.25) is 0 Å². The molecule has 0 bridgehead atoms. The molecule has 1 fully saturated rings. The van der Waals surface area contributed by atoms with E-state index in [2.05, 4.69) is 36.0 Å². The first kappa shape index (κ1) is 11.0. The van der Waals surface area contributed by atoms with E-state index in [1.165, 1.54) is 35.5 Å². The van der Waals surface area contributed by atoms with Gasteiger partial charge in [-0.05, 0) is 54.4 Å². The molecule has 0 radical (unpaired) electrons. The normalized spacial score (nSPS) is 20.7. The van der Waals surface area contributed by atoms with Crippen LogP contribution in [0.2, 0.25) is 0 Å². The number of benzene rings is 1. The van der Waals surface area contributed by atoms with Crippen molar-refractivity contribution in [1.82, 2.24) is 0 Å². The van der Waals surface area contributed by atoms with E-state index < -0.39 is 0 Å². The lowest BCUT2D eigenvalue weighted by atomic mass is 9.98. The Morgan fingerprint density at radius 2 is 1.93 bits per heavy atom. The third-order valence-electron chi connectivity index (χ3n) is 3.00. The number of rotatable bonds is 4. The smallest absolute Gasteiger partial charge is 0.00357 e. The zero-order chi connectivity index (χ0) is 10.5. The number of thioether (sulfide) groups is 1. The van der Waals surface area contributed by atoms with Gasteiger partial charge >= 0.3 is 0 Å². The van der Waals surface area contributed by atoms with Crippen LogP contribution in [0.25, 0.3) is 0 Å². The van der Waals surface area contributed by atoms with Crippen LogP contribution in [0.5, 0.6) is 0 Å². The van der Waals surface area contributed by atoms with Gasteiger partial charge in [0.25, 0.3) is 0 Å². The van der Waals surface area contributed by atoms with Crippen molar-refractivity contribution in [3.63, 3.8) is 0 Å². The maximum atomic E-state index is 5.53. The molecule has 15 heavy (non-hydrogen) atoms. The Hall–Kier alpha value is -0.470. The molecule has 1 saturated heterocycles. The van der Waals surface area contributed by atoms with Gasteiger partial charge in [-0.1, -0.05) is 24.3 Å². The van der Waals surface area contributed by atoms with Gasteiger partial charge in [-0.25, -0.2) is 0 Å². The highest BCUT2D eigenvalue weighted by Crippen LogP contribution is 2.26. The third kappa shape index (κ3) is 3.25. The van der Waals surface area contributed by atoms with Crippen LogP contribution < -0.4 is 5.73 Å². The first-order valence-corrected chi connectivity index (χ1v) is 6.89. The van der Waals surface area contributed by atoms with Gasteiger partial charge in [-0.15, -0.1) is 0 Å². The molecule has 2 heteroatoms. The van der Waals surface area contributed by atoms with Crippen LogP contribution in [-0.4, -0.2) is 18.1 Å². The second-order valence-electron chi connectivity index (χ2n) is 4.29. The minimum absolute atomic E-state index is 0.749. The molecular weight excluding hydrogens is 202 g/mol. The van der Waals surface area contributed by atoms with Crippen molar-refractivity contribution in [2.75, 3.05) is 18.1 Å². The van der Waals surface area contributed by atoms with E-state index in [9.17, 15) is 0 Å². The maximum Gasteiger partial charge on any atom is -0.00357 e. The molecule has 1 aromatic rings. The summed E-state index contributed by atoms with van der Waals surface area (Å²) in [6, 6.07) is 9.00. The molecule has 1 aliphatic rings. The zero-order valence-corrected chi connectivity index (χ0v) is 9.93. The summed E-state index contributed by atoms with van der Waals surface area (Å²) in [7, 11) is 0. The van der Waals surface area contributed by atoms with Crippen molar-refractivity contribution in [3.05, 3.63) is 35.4 Å². The lowest BCUT2D eigenvalue weighted by Gasteiger charge is -2.08. The van der Waals surface area contributed by atoms with E-state index in [1.807, 2.05) is 0 Å². The molecule has 82 valence electrons.